The molecular weight excluding hydrogens is 214 g/mol. The Kier molecular flexibility index (Phi) is 2.65. The van der Waals surface area contributed by atoms with Gasteiger partial charge in [-0.25, -0.2) is 4.68 Å². The summed E-state index contributed by atoms with van der Waals surface area (Å²) in [6.45, 7) is 6.41. The molecule has 0 amide bonds. The van der Waals surface area contributed by atoms with E-state index in [1.54, 1.807) is 0 Å². The lowest BCUT2D eigenvalue weighted by Gasteiger charge is -2.19. The molecule has 1 aromatic rings. The second-order valence-corrected chi connectivity index (χ2v) is 5.93. The van der Waals surface area contributed by atoms with Gasteiger partial charge in [0.1, 0.15) is 0 Å². The fraction of sp³-hybridized carbons (Fsp3) is 0.917. The highest BCUT2D eigenvalue weighted by Crippen LogP contribution is 2.53. The van der Waals surface area contributed by atoms with Crippen molar-refractivity contribution < 1.29 is 0 Å². The molecule has 0 spiro atoms. The maximum Gasteiger partial charge on any atom is 0.165 e. The van der Waals surface area contributed by atoms with E-state index in [1.165, 1.54) is 25.7 Å². The molecule has 0 atom stereocenters. The molecule has 17 heavy (non-hydrogen) atoms. The number of hydrogen-bond acceptors (Lipinski definition) is 4. The van der Waals surface area contributed by atoms with Crippen molar-refractivity contribution in [1.82, 2.24) is 25.5 Å². The lowest BCUT2D eigenvalue weighted by Crippen LogP contribution is -2.24. The third-order valence-corrected chi connectivity index (χ3v) is 4.31. The molecular formula is C12H21N5. The summed E-state index contributed by atoms with van der Waals surface area (Å²) in [4.78, 5) is 0. The van der Waals surface area contributed by atoms with Crippen LogP contribution in [0.1, 0.15) is 45.4 Å². The molecule has 0 bridgehead atoms. The van der Waals surface area contributed by atoms with Crippen molar-refractivity contribution in [3.8, 4) is 0 Å². The highest BCUT2D eigenvalue weighted by molar-refractivity contribution is 4.97. The Morgan fingerprint density at radius 3 is 2.76 bits per heavy atom. The molecule has 94 valence electrons. The summed E-state index contributed by atoms with van der Waals surface area (Å²) in [5.41, 5.74) is 0.462. The lowest BCUT2D eigenvalue weighted by molar-refractivity contribution is 0.287. The van der Waals surface area contributed by atoms with Gasteiger partial charge in [0.25, 0.3) is 0 Å². The van der Waals surface area contributed by atoms with E-state index in [1.807, 2.05) is 4.68 Å². The summed E-state index contributed by atoms with van der Waals surface area (Å²) in [5, 5.41) is 15.6. The minimum Gasteiger partial charge on any atom is -0.307 e. The van der Waals surface area contributed by atoms with Gasteiger partial charge in [-0.1, -0.05) is 13.8 Å². The molecule has 0 aliphatic heterocycles. The molecule has 1 heterocycles. The normalized spacial score (nSPS) is 22.1. The van der Waals surface area contributed by atoms with Crippen LogP contribution >= 0.6 is 0 Å². The maximum absolute atomic E-state index is 4.14. The van der Waals surface area contributed by atoms with Crippen molar-refractivity contribution in [2.75, 3.05) is 0 Å². The summed E-state index contributed by atoms with van der Waals surface area (Å²) < 4.78 is 2.00. The molecule has 5 nitrogen and oxygen atoms in total. The highest BCUT2D eigenvalue weighted by Gasteiger charge is 2.46. The molecule has 0 unspecified atom stereocenters. The second-order valence-electron chi connectivity index (χ2n) is 5.93. The largest absolute Gasteiger partial charge is 0.307 e. The summed E-state index contributed by atoms with van der Waals surface area (Å²) in [5.74, 6) is 1.71. The van der Waals surface area contributed by atoms with Crippen molar-refractivity contribution in [3.05, 3.63) is 5.82 Å². The minimum atomic E-state index is 0.462. The minimum absolute atomic E-state index is 0.462. The SMILES string of the molecule is CC(C)C1(Cn2nnnc2CNC2CC2)CC1. The number of nitrogens with one attached hydrogen (secondary N) is 1. The topological polar surface area (TPSA) is 55.6 Å². The van der Waals surface area contributed by atoms with Crippen LogP contribution in [0.25, 0.3) is 0 Å². The van der Waals surface area contributed by atoms with E-state index in [-0.39, 0.29) is 0 Å². The summed E-state index contributed by atoms with van der Waals surface area (Å²) >= 11 is 0. The number of aromatic nitrogens is 4. The smallest absolute Gasteiger partial charge is 0.165 e. The summed E-state index contributed by atoms with van der Waals surface area (Å²) in [6.07, 6.45) is 5.25. The predicted octanol–water partition coefficient (Wildman–Crippen LogP) is 1.36. The Morgan fingerprint density at radius 2 is 2.18 bits per heavy atom. The Labute approximate surface area is 102 Å². The highest BCUT2D eigenvalue weighted by atomic mass is 15.5. The molecule has 2 aliphatic rings. The van der Waals surface area contributed by atoms with Crippen LogP contribution in [-0.2, 0) is 13.1 Å². The monoisotopic (exact) mass is 235 g/mol. The van der Waals surface area contributed by atoms with Gasteiger partial charge in [-0.15, -0.1) is 5.10 Å². The third kappa shape index (κ3) is 2.34. The molecule has 1 N–H and O–H groups in total. The van der Waals surface area contributed by atoms with Crippen molar-refractivity contribution in [1.29, 1.82) is 0 Å². The molecule has 0 aromatic carbocycles. The van der Waals surface area contributed by atoms with Crippen LogP contribution in [-0.4, -0.2) is 26.2 Å². The quantitative estimate of drug-likeness (QED) is 0.809. The van der Waals surface area contributed by atoms with Crippen LogP contribution in [0.5, 0.6) is 0 Å². The average Bonchev–Trinajstić information content (AvgIpc) is 3.18. The first-order valence-corrected chi connectivity index (χ1v) is 6.68. The fourth-order valence-corrected chi connectivity index (χ4v) is 2.37. The zero-order valence-electron chi connectivity index (χ0n) is 10.7. The molecule has 0 radical (unpaired) electrons. The number of tetrazole rings is 1. The Balaban J connectivity index is 1.64. The number of hydrogen-bond donors (Lipinski definition) is 1. The van der Waals surface area contributed by atoms with E-state index in [2.05, 4.69) is 34.7 Å². The Morgan fingerprint density at radius 1 is 1.41 bits per heavy atom. The fourth-order valence-electron chi connectivity index (χ4n) is 2.37. The van der Waals surface area contributed by atoms with Gasteiger partial charge in [-0.3, -0.25) is 0 Å². The van der Waals surface area contributed by atoms with Crippen molar-refractivity contribution in [2.45, 2.75) is 58.7 Å². The van der Waals surface area contributed by atoms with E-state index in [9.17, 15) is 0 Å². The van der Waals surface area contributed by atoms with Crippen LogP contribution < -0.4 is 5.32 Å². The molecule has 3 rings (SSSR count). The average molecular weight is 235 g/mol. The van der Waals surface area contributed by atoms with Crippen LogP contribution in [0.3, 0.4) is 0 Å². The van der Waals surface area contributed by atoms with E-state index < -0.39 is 0 Å². The zero-order chi connectivity index (χ0) is 11.9. The number of nitrogens with zero attached hydrogens (tertiary/aromatic N) is 4. The van der Waals surface area contributed by atoms with Crippen LogP contribution in [0.4, 0.5) is 0 Å². The van der Waals surface area contributed by atoms with Gasteiger partial charge in [-0.2, -0.15) is 0 Å². The molecule has 1 aromatic heterocycles. The molecule has 2 fully saturated rings. The van der Waals surface area contributed by atoms with E-state index in [4.69, 9.17) is 0 Å². The van der Waals surface area contributed by atoms with Gasteiger partial charge in [0, 0.05) is 6.04 Å². The van der Waals surface area contributed by atoms with Gasteiger partial charge in [0.05, 0.1) is 13.1 Å². The first-order chi connectivity index (χ1) is 8.20. The van der Waals surface area contributed by atoms with Crippen LogP contribution in [0, 0.1) is 11.3 Å². The summed E-state index contributed by atoms with van der Waals surface area (Å²) in [6, 6.07) is 0.708. The number of rotatable bonds is 6. The zero-order valence-corrected chi connectivity index (χ0v) is 10.7. The first-order valence-electron chi connectivity index (χ1n) is 6.68. The van der Waals surface area contributed by atoms with Gasteiger partial charge in [0.15, 0.2) is 5.82 Å². The van der Waals surface area contributed by atoms with Gasteiger partial charge in [0.2, 0.25) is 0 Å². The first kappa shape index (κ1) is 11.1. The van der Waals surface area contributed by atoms with Crippen LogP contribution in [0.2, 0.25) is 0 Å². The van der Waals surface area contributed by atoms with E-state index >= 15 is 0 Å². The Bertz CT molecular complexity index is 389. The lowest BCUT2D eigenvalue weighted by atomic mass is 9.92. The molecule has 2 aliphatic carbocycles. The van der Waals surface area contributed by atoms with Crippen molar-refractivity contribution in [3.63, 3.8) is 0 Å². The van der Waals surface area contributed by atoms with Crippen molar-refractivity contribution >= 4 is 0 Å². The van der Waals surface area contributed by atoms with Gasteiger partial charge >= 0.3 is 0 Å². The van der Waals surface area contributed by atoms with E-state index in [0.29, 0.717) is 11.5 Å². The molecule has 2 saturated carbocycles. The molecule has 5 heteroatoms. The second kappa shape index (κ2) is 4.05. The van der Waals surface area contributed by atoms with Crippen LogP contribution in [0.15, 0.2) is 0 Å². The Hall–Kier alpha value is -0.970. The summed E-state index contributed by atoms with van der Waals surface area (Å²) in [7, 11) is 0. The standard InChI is InChI=1S/C12H21N5/c1-9(2)12(5-6-12)8-17-11(14-15-16-17)7-13-10-3-4-10/h9-10,13H,3-8H2,1-2H3. The predicted molar refractivity (Wildman–Crippen MR) is 64.2 cm³/mol. The van der Waals surface area contributed by atoms with E-state index in [0.717, 1.165) is 24.8 Å². The van der Waals surface area contributed by atoms with Gasteiger partial charge in [-0.05, 0) is 47.4 Å². The van der Waals surface area contributed by atoms with Crippen molar-refractivity contribution in [2.24, 2.45) is 11.3 Å². The maximum atomic E-state index is 4.14. The van der Waals surface area contributed by atoms with Gasteiger partial charge < -0.3 is 5.32 Å². The molecule has 0 saturated heterocycles. The third-order valence-electron chi connectivity index (χ3n) is 4.31.